The van der Waals surface area contributed by atoms with Crippen LogP contribution in [-0.2, 0) is 9.59 Å². The SMILES string of the molecule is Cc1cc(NC(=O)CSCC(=O)N(C)C2CC3CCC(C2)N3)no1.Cl. The first-order chi connectivity index (χ1) is 11.5. The van der Waals surface area contributed by atoms with Crippen molar-refractivity contribution in [2.45, 2.75) is 50.7 Å². The van der Waals surface area contributed by atoms with E-state index < -0.39 is 0 Å². The first-order valence-corrected chi connectivity index (χ1v) is 9.49. The molecular weight excluding hydrogens is 364 g/mol. The van der Waals surface area contributed by atoms with Gasteiger partial charge in [0.2, 0.25) is 11.8 Å². The van der Waals surface area contributed by atoms with Crippen LogP contribution in [0.4, 0.5) is 5.82 Å². The lowest BCUT2D eigenvalue weighted by Gasteiger charge is -2.35. The van der Waals surface area contributed by atoms with E-state index in [0.717, 1.165) is 12.8 Å². The lowest BCUT2D eigenvalue weighted by Crippen LogP contribution is -2.49. The zero-order valence-electron chi connectivity index (χ0n) is 14.5. The molecule has 25 heavy (non-hydrogen) atoms. The molecule has 2 N–H and O–H groups in total. The monoisotopic (exact) mass is 388 g/mol. The van der Waals surface area contributed by atoms with Gasteiger partial charge in [-0.2, -0.15) is 0 Å². The number of aromatic nitrogens is 1. The van der Waals surface area contributed by atoms with Crippen LogP contribution >= 0.6 is 24.2 Å². The van der Waals surface area contributed by atoms with Crippen molar-refractivity contribution < 1.29 is 14.1 Å². The van der Waals surface area contributed by atoms with E-state index in [1.807, 2.05) is 11.9 Å². The fourth-order valence-corrected chi connectivity index (χ4v) is 4.22. The fourth-order valence-electron chi connectivity index (χ4n) is 3.48. The maximum Gasteiger partial charge on any atom is 0.235 e. The highest BCUT2D eigenvalue weighted by molar-refractivity contribution is 8.00. The third-order valence-corrected chi connectivity index (χ3v) is 5.66. The number of rotatable bonds is 6. The molecule has 3 heterocycles. The minimum atomic E-state index is -0.177. The highest BCUT2D eigenvalue weighted by atomic mass is 35.5. The summed E-state index contributed by atoms with van der Waals surface area (Å²) in [4.78, 5) is 26.0. The zero-order chi connectivity index (χ0) is 17.1. The molecule has 2 saturated heterocycles. The molecule has 2 aliphatic rings. The molecule has 0 saturated carbocycles. The highest BCUT2D eigenvalue weighted by Crippen LogP contribution is 2.29. The van der Waals surface area contributed by atoms with Gasteiger partial charge in [-0.25, -0.2) is 0 Å². The van der Waals surface area contributed by atoms with Gasteiger partial charge in [-0.05, 0) is 32.6 Å². The van der Waals surface area contributed by atoms with Crippen LogP contribution in [0.1, 0.15) is 31.4 Å². The Balaban J connectivity index is 0.00000225. The van der Waals surface area contributed by atoms with Crippen molar-refractivity contribution in [2.75, 3.05) is 23.9 Å². The van der Waals surface area contributed by atoms with Gasteiger partial charge in [-0.1, -0.05) is 5.16 Å². The Labute approximate surface area is 158 Å². The van der Waals surface area contributed by atoms with Crippen molar-refractivity contribution >= 4 is 41.8 Å². The van der Waals surface area contributed by atoms with Gasteiger partial charge < -0.3 is 20.1 Å². The van der Waals surface area contributed by atoms with Crippen molar-refractivity contribution in [3.8, 4) is 0 Å². The van der Waals surface area contributed by atoms with E-state index in [1.165, 1.54) is 24.6 Å². The minimum Gasteiger partial charge on any atom is -0.360 e. The summed E-state index contributed by atoms with van der Waals surface area (Å²) >= 11 is 1.33. The van der Waals surface area contributed by atoms with Gasteiger partial charge in [0.15, 0.2) is 5.82 Å². The van der Waals surface area contributed by atoms with Crippen molar-refractivity contribution in [1.82, 2.24) is 15.4 Å². The number of halogens is 1. The predicted molar refractivity (Wildman–Crippen MR) is 100 cm³/mol. The van der Waals surface area contributed by atoms with Crippen LogP contribution < -0.4 is 10.6 Å². The summed E-state index contributed by atoms with van der Waals surface area (Å²) in [7, 11) is 1.89. The summed E-state index contributed by atoms with van der Waals surface area (Å²) in [6.07, 6.45) is 4.52. The molecular formula is C16H25ClN4O3S. The van der Waals surface area contributed by atoms with E-state index in [0.29, 0.717) is 35.5 Å². The number of nitrogens with zero attached hydrogens (tertiary/aromatic N) is 2. The number of nitrogens with one attached hydrogen (secondary N) is 2. The largest absolute Gasteiger partial charge is 0.360 e. The number of hydrogen-bond acceptors (Lipinski definition) is 6. The van der Waals surface area contributed by atoms with Crippen LogP contribution in [0.3, 0.4) is 0 Å². The van der Waals surface area contributed by atoms with E-state index in [1.54, 1.807) is 13.0 Å². The van der Waals surface area contributed by atoms with Crippen LogP contribution in [0.15, 0.2) is 10.6 Å². The Hall–Kier alpha value is -1.25. The number of carbonyl (C=O) groups is 2. The molecule has 9 heteroatoms. The molecule has 0 aliphatic carbocycles. The van der Waals surface area contributed by atoms with Crippen molar-refractivity contribution in [2.24, 2.45) is 0 Å². The van der Waals surface area contributed by atoms with Crippen LogP contribution in [-0.4, -0.2) is 58.5 Å². The Kier molecular flexibility index (Phi) is 7.15. The third kappa shape index (κ3) is 5.36. The topological polar surface area (TPSA) is 87.5 Å². The van der Waals surface area contributed by atoms with E-state index in [2.05, 4.69) is 15.8 Å². The molecule has 2 unspecified atom stereocenters. The highest BCUT2D eigenvalue weighted by Gasteiger charge is 2.36. The third-order valence-electron chi connectivity index (χ3n) is 4.74. The standard InChI is InChI=1S/C16H24N4O3S.ClH/c1-10-5-14(19-23-10)18-15(21)8-24-9-16(22)20(2)13-6-11-3-4-12(7-13)17-11;/h5,11-13,17H,3-4,6-9H2,1-2H3,(H,18,19,21);1H. The molecule has 0 spiro atoms. The number of anilines is 1. The summed E-state index contributed by atoms with van der Waals surface area (Å²) in [6.45, 7) is 1.76. The molecule has 2 atom stereocenters. The molecule has 0 radical (unpaired) electrons. The number of amides is 2. The molecule has 1 aromatic heterocycles. The molecule has 3 rings (SSSR count). The smallest absolute Gasteiger partial charge is 0.235 e. The van der Waals surface area contributed by atoms with Gasteiger partial charge in [-0.15, -0.1) is 24.2 Å². The maximum atomic E-state index is 12.3. The fraction of sp³-hybridized carbons (Fsp3) is 0.688. The lowest BCUT2D eigenvalue weighted by molar-refractivity contribution is -0.129. The molecule has 1 aromatic rings. The van der Waals surface area contributed by atoms with Crippen molar-refractivity contribution in [1.29, 1.82) is 0 Å². The van der Waals surface area contributed by atoms with E-state index in [9.17, 15) is 9.59 Å². The number of aryl methyl sites for hydroxylation is 1. The predicted octanol–water partition coefficient (Wildman–Crippen LogP) is 1.82. The first-order valence-electron chi connectivity index (χ1n) is 8.34. The first kappa shape index (κ1) is 20.1. The minimum absolute atomic E-state index is 0. The molecule has 2 amide bonds. The second-order valence-corrected chi connectivity index (χ2v) is 7.62. The lowest BCUT2D eigenvalue weighted by atomic mass is 9.98. The quantitative estimate of drug-likeness (QED) is 0.772. The van der Waals surface area contributed by atoms with Crippen LogP contribution in [0.25, 0.3) is 0 Å². The van der Waals surface area contributed by atoms with Gasteiger partial charge in [0.25, 0.3) is 0 Å². The summed E-state index contributed by atoms with van der Waals surface area (Å²) in [5.74, 6) is 1.52. The normalized spacial score (nSPS) is 24.5. The number of piperidine rings is 1. The number of carbonyl (C=O) groups excluding carboxylic acids is 2. The number of fused-ring (bicyclic) bond motifs is 2. The van der Waals surface area contributed by atoms with E-state index in [-0.39, 0.29) is 30.0 Å². The molecule has 2 aliphatic heterocycles. The molecule has 140 valence electrons. The molecule has 2 bridgehead atoms. The Morgan fingerprint density at radius 2 is 2.04 bits per heavy atom. The van der Waals surface area contributed by atoms with Crippen LogP contribution in [0, 0.1) is 6.92 Å². The second-order valence-electron chi connectivity index (χ2n) is 6.63. The summed E-state index contributed by atoms with van der Waals surface area (Å²) in [5.41, 5.74) is 0. The van der Waals surface area contributed by atoms with Gasteiger partial charge in [0.1, 0.15) is 5.76 Å². The molecule has 2 fully saturated rings. The number of hydrogen-bond donors (Lipinski definition) is 2. The average Bonchev–Trinajstić information content (AvgIpc) is 3.11. The van der Waals surface area contributed by atoms with Gasteiger partial charge in [0, 0.05) is 31.2 Å². The Morgan fingerprint density at radius 3 is 2.64 bits per heavy atom. The molecule has 7 nitrogen and oxygen atoms in total. The van der Waals surface area contributed by atoms with E-state index >= 15 is 0 Å². The van der Waals surface area contributed by atoms with Crippen molar-refractivity contribution in [3.63, 3.8) is 0 Å². The summed E-state index contributed by atoms with van der Waals surface area (Å²) in [6, 6.07) is 3.11. The number of thioether (sulfide) groups is 1. The Bertz CT molecular complexity index is 600. The average molecular weight is 389 g/mol. The van der Waals surface area contributed by atoms with Crippen LogP contribution in [0.2, 0.25) is 0 Å². The van der Waals surface area contributed by atoms with Crippen LogP contribution in [0.5, 0.6) is 0 Å². The zero-order valence-corrected chi connectivity index (χ0v) is 16.1. The molecule has 0 aromatic carbocycles. The van der Waals surface area contributed by atoms with Gasteiger partial charge in [-0.3, -0.25) is 9.59 Å². The van der Waals surface area contributed by atoms with Gasteiger partial charge >= 0.3 is 0 Å². The second kappa shape index (κ2) is 8.91. The summed E-state index contributed by atoms with van der Waals surface area (Å²) in [5, 5.41) is 9.95. The van der Waals surface area contributed by atoms with Gasteiger partial charge in [0.05, 0.1) is 11.5 Å². The van der Waals surface area contributed by atoms with Crippen molar-refractivity contribution in [3.05, 3.63) is 11.8 Å². The summed E-state index contributed by atoms with van der Waals surface area (Å²) < 4.78 is 4.89. The Morgan fingerprint density at radius 1 is 1.36 bits per heavy atom. The maximum absolute atomic E-state index is 12.3. The van der Waals surface area contributed by atoms with E-state index in [4.69, 9.17) is 4.52 Å².